The van der Waals surface area contributed by atoms with Gasteiger partial charge in [0, 0.05) is 5.69 Å². The summed E-state index contributed by atoms with van der Waals surface area (Å²) < 4.78 is 0. The van der Waals surface area contributed by atoms with Crippen LogP contribution in [0.3, 0.4) is 0 Å². The lowest BCUT2D eigenvalue weighted by molar-refractivity contribution is -0.119. The molecule has 1 rings (SSSR count). The predicted molar refractivity (Wildman–Crippen MR) is 49.6 cm³/mol. The lowest BCUT2D eigenvalue weighted by Crippen LogP contribution is -2.15. The molecule has 5 N–H and O–H groups in total. The fourth-order valence-electron chi connectivity index (χ4n) is 1.07. The minimum atomic E-state index is -0.860. The highest BCUT2D eigenvalue weighted by molar-refractivity contribution is 5.74. The number of aliphatic hydroxyl groups excluding tert-OH is 1. The van der Waals surface area contributed by atoms with Crippen molar-refractivity contribution in [2.45, 2.75) is 12.5 Å². The Kier molecular flexibility index (Phi) is 2.87. The first kappa shape index (κ1) is 9.54. The normalized spacial score (nSPS) is 12.4. The molecule has 0 saturated heterocycles. The zero-order valence-corrected chi connectivity index (χ0v) is 7.10. The van der Waals surface area contributed by atoms with E-state index in [1.54, 1.807) is 24.3 Å². The molecular formula is C9H12N2O2. The van der Waals surface area contributed by atoms with Crippen LogP contribution in [-0.2, 0) is 4.79 Å². The Morgan fingerprint density at radius 2 is 2.23 bits per heavy atom. The molecule has 0 spiro atoms. The van der Waals surface area contributed by atoms with E-state index in [0.717, 1.165) is 0 Å². The van der Waals surface area contributed by atoms with Crippen LogP contribution in [0, 0.1) is 0 Å². The van der Waals surface area contributed by atoms with Gasteiger partial charge in [-0.3, -0.25) is 4.79 Å². The number of hydrogen-bond donors (Lipinski definition) is 3. The molecular weight excluding hydrogens is 168 g/mol. The topological polar surface area (TPSA) is 89.3 Å². The Morgan fingerprint density at radius 1 is 1.54 bits per heavy atom. The SMILES string of the molecule is NC(=O)CC(O)c1cccc(N)c1. The van der Waals surface area contributed by atoms with E-state index >= 15 is 0 Å². The van der Waals surface area contributed by atoms with Gasteiger partial charge in [-0.1, -0.05) is 12.1 Å². The summed E-state index contributed by atoms with van der Waals surface area (Å²) in [6.45, 7) is 0. The summed E-state index contributed by atoms with van der Waals surface area (Å²) in [5.41, 5.74) is 11.6. The molecule has 0 aromatic heterocycles. The van der Waals surface area contributed by atoms with Crippen LogP contribution >= 0.6 is 0 Å². The number of benzene rings is 1. The van der Waals surface area contributed by atoms with Crippen LogP contribution in [0.15, 0.2) is 24.3 Å². The minimum Gasteiger partial charge on any atom is -0.399 e. The Hall–Kier alpha value is -1.55. The third kappa shape index (κ3) is 2.76. The molecule has 13 heavy (non-hydrogen) atoms. The third-order valence-electron chi connectivity index (χ3n) is 1.69. The van der Waals surface area contributed by atoms with Gasteiger partial charge in [0.1, 0.15) is 0 Å². The van der Waals surface area contributed by atoms with E-state index in [1.165, 1.54) is 0 Å². The number of nitrogens with two attached hydrogens (primary N) is 2. The maximum atomic E-state index is 10.5. The fourth-order valence-corrected chi connectivity index (χ4v) is 1.07. The van der Waals surface area contributed by atoms with Gasteiger partial charge in [-0.05, 0) is 17.7 Å². The van der Waals surface area contributed by atoms with Crippen molar-refractivity contribution in [2.24, 2.45) is 5.73 Å². The number of rotatable bonds is 3. The van der Waals surface area contributed by atoms with Gasteiger partial charge in [-0.25, -0.2) is 0 Å². The van der Waals surface area contributed by atoms with Gasteiger partial charge >= 0.3 is 0 Å². The number of anilines is 1. The molecule has 4 heteroatoms. The van der Waals surface area contributed by atoms with Crippen LogP contribution in [0.2, 0.25) is 0 Å². The van der Waals surface area contributed by atoms with Gasteiger partial charge in [-0.2, -0.15) is 0 Å². The van der Waals surface area contributed by atoms with Crippen LogP contribution in [0.1, 0.15) is 18.1 Å². The van der Waals surface area contributed by atoms with Gasteiger partial charge in [0.15, 0.2) is 0 Å². The molecule has 0 fully saturated rings. The summed E-state index contributed by atoms with van der Waals surface area (Å²) in [4.78, 5) is 10.5. The maximum absolute atomic E-state index is 10.5. The van der Waals surface area contributed by atoms with Crippen molar-refractivity contribution in [1.82, 2.24) is 0 Å². The first-order valence-electron chi connectivity index (χ1n) is 3.91. The second kappa shape index (κ2) is 3.91. The molecule has 0 bridgehead atoms. The van der Waals surface area contributed by atoms with Crippen LogP contribution < -0.4 is 11.5 Å². The van der Waals surface area contributed by atoms with Crippen LogP contribution in [0.4, 0.5) is 5.69 Å². The molecule has 0 heterocycles. The van der Waals surface area contributed by atoms with Gasteiger partial charge in [-0.15, -0.1) is 0 Å². The summed E-state index contributed by atoms with van der Waals surface area (Å²) in [7, 11) is 0. The van der Waals surface area contributed by atoms with Gasteiger partial charge in [0.2, 0.25) is 5.91 Å². The average molecular weight is 180 g/mol. The third-order valence-corrected chi connectivity index (χ3v) is 1.69. The largest absolute Gasteiger partial charge is 0.399 e. The van der Waals surface area contributed by atoms with Gasteiger partial charge in [0.05, 0.1) is 12.5 Å². The van der Waals surface area contributed by atoms with Crippen molar-refractivity contribution in [3.63, 3.8) is 0 Å². The molecule has 1 unspecified atom stereocenters. The molecule has 70 valence electrons. The van der Waals surface area contributed by atoms with Crippen LogP contribution in [0.25, 0.3) is 0 Å². The monoisotopic (exact) mass is 180 g/mol. The second-order valence-electron chi connectivity index (χ2n) is 2.86. The summed E-state index contributed by atoms with van der Waals surface area (Å²) in [6.07, 6.45) is -0.940. The highest BCUT2D eigenvalue weighted by atomic mass is 16.3. The number of hydrogen-bond acceptors (Lipinski definition) is 3. The summed E-state index contributed by atoms with van der Waals surface area (Å²) in [5, 5.41) is 9.46. The van der Waals surface area contributed by atoms with Crippen molar-refractivity contribution >= 4 is 11.6 Å². The van der Waals surface area contributed by atoms with E-state index in [0.29, 0.717) is 11.3 Å². The smallest absolute Gasteiger partial charge is 0.220 e. The van der Waals surface area contributed by atoms with Gasteiger partial charge in [0.25, 0.3) is 0 Å². The van der Waals surface area contributed by atoms with Crippen molar-refractivity contribution < 1.29 is 9.90 Å². The fraction of sp³-hybridized carbons (Fsp3) is 0.222. The minimum absolute atomic E-state index is 0.0799. The Morgan fingerprint density at radius 3 is 2.77 bits per heavy atom. The van der Waals surface area contributed by atoms with E-state index in [-0.39, 0.29) is 6.42 Å². The van der Waals surface area contributed by atoms with Crippen molar-refractivity contribution in [3.05, 3.63) is 29.8 Å². The van der Waals surface area contributed by atoms with Crippen LogP contribution in [-0.4, -0.2) is 11.0 Å². The first-order valence-corrected chi connectivity index (χ1v) is 3.91. The van der Waals surface area contributed by atoms with E-state index in [1.807, 2.05) is 0 Å². The zero-order valence-electron chi connectivity index (χ0n) is 7.10. The Labute approximate surface area is 76.2 Å². The molecule has 1 amide bonds. The number of carbonyl (C=O) groups excluding carboxylic acids is 1. The predicted octanol–water partition coefficient (Wildman–Crippen LogP) is 0.178. The Balaban J connectivity index is 2.76. The molecule has 0 aliphatic carbocycles. The van der Waals surface area contributed by atoms with Crippen molar-refractivity contribution in [3.8, 4) is 0 Å². The molecule has 0 saturated carbocycles. The Bertz CT molecular complexity index is 312. The summed E-state index contributed by atoms with van der Waals surface area (Å²) in [5.74, 6) is -0.532. The number of carbonyl (C=O) groups is 1. The van der Waals surface area contributed by atoms with Crippen LogP contribution in [0.5, 0.6) is 0 Å². The van der Waals surface area contributed by atoms with E-state index in [4.69, 9.17) is 11.5 Å². The number of primary amides is 1. The molecule has 4 nitrogen and oxygen atoms in total. The lowest BCUT2D eigenvalue weighted by Gasteiger charge is -2.08. The molecule has 0 radical (unpaired) electrons. The summed E-state index contributed by atoms with van der Waals surface area (Å²) in [6, 6.07) is 6.74. The van der Waals surface area contributed by atoms with E-state index in [9.17, 15) is 9.90 Å². The molecule has 1 atom stereocenters. The lowest BCUT2D eigenvalue weighted by atomic mass is 10.1. The quantitative estimate of drug-likeness (QED) is 0.579. The molecule has 0 aliphatic rings. The standard InChI is InChI=1S/C9H12N2O2/c10-7-3-1-2-6(4-7)8(12)5-9(11)13/h1-4,8,12H,5,10H2,(H2,11,13). The highest BCUT2D eigenvalue weighted by Gasteiger charge is 2.10. The number of amides is 1. The zero-order chi connectivity index (χ0) is 9.84. The molecule has 0 aliphatic heterocycles. The summed E-state index contributed by atoms with van der Waals surface area (Å²) >= 11 is 0. The second-order valence-corrected chi connectivity index (χ2v) is 2.86. The highest BCUT2D eigenvalue weighted by Crippen LogP contribution is 2.17. The molecule has 1 aromatic carbocycles. The number of nitrogen functional groups attached to an aromatic ring is 1. The van der Waals surface area contributed by atoms with Crippen molar-refractivity contribution in [2.75, 3.05) is 5.73 Å². The maximum Gasteiger partial charge on any atom is 0.220 e. The average Bonchev–Trinajstić information content (AvgIpc) is 2.03. The van der Waals surface area contributed by atoms with E-state index < -0.39 is 12.0 Å². The van der Waals surface area contributed by atoms with E-state index in [2.05, 4.69) is 0 Å². The molecule has 1 aromatic rings. The van der Waals surface area contributed by atoms with Gasteiger partial charge < -0.3 is 16.6 Å². The van der Waals surface area contributed by atoms with Crippen molar-refractivity contribution in [1.29, 1.82) is 0 Å². The first-order chi connectivity index (χ1) is 6.09. The number of aliphatic hydroxyl groups is 1.